The maximum Gasteiger partial charge on any atom is 0.0878 e. The predicted octanol–water partition coefficient (Wildman–Crippen LogP) is 1.88. The van der Waals surface area contributed by atoms with Gasteiger partial charge in [0.2, 0.25) is 0 Å². The van der Waals surface area contributed by atoms with Crippen molar-refractivity contribution in [2.45, 2.75) is 39.1 Å². The van der Waals surface area contributed by atoms with Gasteiger partial charge < -0.3 is 4.74 Å². The maximum absolute atomic E-state index is 5.78. The summed E-state index contributed by atoms with van der Waals surface area (Å²) in [5.74, 6) is 5.78. The van der Waals surface area contributed by atoms with Crippen LogP contribution in [0.3, 0.4) is 0 Å². The first-order valence-electron chi connectivity index (χ1n) is 7.00. The zero-order valence-electron chi connectivity index (χ0n) is 11.7. The molecule has 3 N–H and O–H groups in total. The minimum atomic E-state index is -0.0463. The molecular weight excluding hydrogens is 252 g/mol. The molecule has 2 aromatic rings. The number of benzene rings is 1. The quantitative estimate of drug-likeness (QED) is 0.644. The second-order valence-electron chi connectivity index (χ2n) is 5.10. The Labute approximate surface area is 118 Å². The molecule has 3 rings (SSSR count). The number of hydrogen-bond donors (Lipinski definition) is 2. The van der Waals surface area contributed by atoms with E-state index < -0.39 is 0 Å². The molecule has 1 atom stereocenters. The van der Waals surface area contributed by atoms with E-state index in [9.17, 15) is 0 Å². The van der Waals surface area contributed by atoms with Crippen molar-refractivity contribution in [3.8, 4) is 0 Å². The van der Waals surface area contributed by atoms with Crippen LogP contribution in [-0.4, -0.2) is 9.78 Å². The van der Waals surface area contributed by atoms with E-state index in [0.29, 0.717) is 13.2 Å². The molecule has 5 nitrogen and oxygen atoms in total. The number of aromatic nitrogens is 2. The molecule has 1 unspecified atom stereocenters. The van der Waals surface area contributed by atoms with Crippen LogP contribution in [0.1, 0.15) is 41.8 Å². The second kappa shape index (κ2) is 5.75. The third kappa shape index (κ3) is 2.35. The van der Waals surface area contributed by atoms with Crippen LogP contribution >= 0.6 is 0 Å². The number of hydrogen-bond acceptors (Lipinski definition) is 4. The van der Waals surface area contributed by atoms with Gasteiger partial charge in [0.25, 0.3) is 0 Å². The fourth-order valence-corrected chi connectivity index (χ4v) is 2.71. The van der Waals surface area contributed by atoms with Crippen LogP contribution in [0, 0.1) is 0 Å². The maximum atomic E-state index is 5.78. The number of ether oxygens (including phenoxy) is 1. The topological polar surface area (TPSA) is 65.1 Å². The number of hydrazine groups is 1. The Morgan fingerprint density at radius 3 is 3.00 bits per heavy atom. The molecule has 1 aliphatic rings. The van der Waals surface area contributed by atoms with Crippen molar-refractivity contribution in [3.05, 3.63) is 52.8 Å². The molecular formula is C15H20N4O. The lowest BCUT2D eigenvalue weighted by Gasteiger charge is -2.18. The summed E-state index contributed by atoms with van der Waals surface area (Å²) in [7, 11) is 0. The average molecular weight is 272 g/mol. The third-order valence-corrected chi connectivity index (χ3v) is 3.73. The van der Waals surface area contributed by atoms with Crippen molar-refractivity contribution in [3.63, 3.8) is 0 Å². The highest BCUT2D eigenvalue weighted by Crippen LogP contribution is 2.27. The molecule has 1 aromatic carbocycles. The number of aryl methyl sites for hydroxylation is 1. The van der Waals surface area contributed by atoms with Crippen molar-refractivity contribution in [1.82, 2.24) is 15.2 Å². The van der Waals surface area contributed by atoms with Crippen molar-refractivity contribution in [2.24, 2.45) is 5.84 Å². The van der Waals surface area contributed by atoms with E-state index in [4.69, 9.17) is 10.6 Å². The first-order chi connectivity index (χ1) is 9.83. The summed E-state index contributed by atoms with van der Waals surface area (Å²) in [6.45, 7) is 4.44. The van der Waals surface area contributed by atoms with E-state index in [0.717, 1.165) is 24.2 Å². The van der Waals surface area contributed by atoms with Crippen molar-refractivity contribution < 1.29 is 4.74 Å². The van der Waals surface area contributed by atoms with Crippen LogP contribution in [0.25, 0.3) is 0 Å². The Morgan fingerprint density at radius 1 is 1.35 bits per heavy atom. The summed E-state index contributed by atoms with van der Waals surface area (Å²) in [6, 6.07) is 8.39. The number of nitrogens with zero attached hydrogens (tertiary/aromatic N) is 2. The molecule has 0 aliphatic carbocycles. The van der Waals surface area contributed by atoms with Gasteiger partial charge in [0, 0.05) is 12.7 Å². The summed E-state index contributed by atoms with van der Waals surface area (Å²) in [4.78, 5) is 0. The van der Waals surface area contributed by atoms with Gasteiger partial charge in [-0.3, -0.25) is 10.5 Å². The standard InChI is InChI=1S/C15H20N4O/c1-2-7-19-14(5-6-17-19)15(18-16)11-3-4-12-9-20-10-13(12)8-11/h3-6,8,15,18H,2,7,9-10,16H2,1H3. The third-order valence-electron chi connectivity index (χ3n) is 3.73. The van der Waals surface area contributed by atoms with Crippen LogP contribution in [0.2, 0.25) is 0 Å². The Bertz CT molecular complexity index is 593. The minimum Gasteiger partial charge on any atom is -0.372 e. The van der Waals surface area contributed by atoms with E-state index in [2.05, 4.69) is 35.6 Å². The van der Waals surface area contributed by atoms with Gasteiger partial charge in [-0.05, 0) is 29.2 Å². The molecule has 106 valence electrons. The van der Waals surface area contributed by atoms with Gasteiger partial charge in [0.1, 0.15) is 0 Å². The molecule has 0 spiro atoms. The van der Waals surface area contributed by atoms with Crippen molar-refractivity contribution in [2.75, 3.05) is 0 Å². The van der Waals surface area contributed by atoms with E-state index in [-0.39, 0.29) is 6.04 Å². The van der Waals surface area contributed by atoms with Gasteiger partial charge in [-0.2, -0.15) is 5.10 Å². The highest BCUT2D eigenvalue weighted by Gasteiger charge is 2.19. The van der Waals surface area contributed by atoms with Crippen molar-refractivity contribution in [1.29, 1.82) is 0 Å². The first-order valence-corrected chi connectivity index (χ1v) is 7.00. The zero-order chi connectivity index (χ0) is 13.9. The largest absolute Gasteiger partial charge is 0.372 e. The molecule has 0 radical (unpaired) electrons. The molecule has 20 heavy (non-hydrogen) atoms. The van der Waals surface area contributed by atoms with Crippen LogP contribution in [0.5, 0.6) is 0 Å². The lowest BCUT2D eigenvalue weighted by atomic mass is 9.99. The van der Waals surface area contributed by atoms with E-state index in [1.54, 1.807) is 0 Å². The summed E-state index contributed by atoms with van der Waals surface area (Å²) in [5, 5.41) is 4.37. The average Bonchev–Trinajstić information content (AvgIpc) is 3.09. The highest BCUT2D eigenvalue weighted by atomic mass is 16.5. The summed E-state index contributed by atoms with van der Waals surface area (Å²) < 4.78 is 7.48. The van der Waals surface area contributed by atoms with Crippen molar-refractivity contribution >= 4 is 0 Å². The minimum absolute atomic E-state index is 0.0463. The van der Waals surface area contributed by atoms with Gasteiger partial charge in [-0.1, -0.05) is 25.1 Å². The Hall–Kier alpha value is -1.69. The Kier molecular flexibility index (Phi) is 3.82. The molecule has 0 saturated heterocycles. The van der Waals surface area contributed by atoms with E-state index >= 15 is 0 Å². The molecule has 0 saturated carbocycles. The smallest absolute Gasteiger partial charge is 0.0878 e. The number of nitrogens with one attached hydrogen (secondary N) is 1. The van der Waals surface area contributed by atoms with Gasteiger partial charge >= 0.3 is 0 Å². The molecule has 5 heteroatoms. The second-order valence-corrected chi connectivity index (χ2v) is 5.10. The monoisotopic (exact) mass is 272 g/mol. The molecule has 0 fully saturated rings. The summed E-state index contributed by atoms with van der Waals surface area (Å²) in [6.07, 6.45) is 2.87. The van der Waals surface area contributed by atoms with Gasteiger partial charge in [-0.25, -0.2) is 5.43 Å². The molecule has 2 heterocycles. The Balaban J connectivity index is 1.95. The molecule has 0 bridgehead atoms. The fourth-order valence-electron chi connectivity index (χ4n) is 2.71. The summed E-state index contributed by atoms with van der Waals surface area (Å²) in [5.41, 5.74) is 7.67. The van der Waals surface area contributed by atoms with Crippen LogP contribution < -0.4 is 11.3 Å². The number of nitrogens with two attached hydrogens (primary N) is 1. The van der Waals surface area contributed by atoms with Gasteiger partial charge in [0.15, 0.2) is 0 Å². The highest BCUT2D eigenvalue weighted by molar-refractivity contribution is 5.37. The van der Waals surface area contributed by atoms with E-state index in [1.807, 2.05) is 16.9 Å². The SMILES string of the molecule is CCCn1nccc1C(NN)c1ccc2c(c1)COC2. The Morgan fingerprint density at radius 2 is 2.20 bits per heavy atom. The molecule has 1 aromatic heterocycles. The summed E-state index contributed by atoms with van der Waals surface area (Å²) >= 11 is 0. The number of fused-ring (bicyclic) bond motifs is 1. The lowest BCUT2D eigenvalue weighted by molar-refractivity contribution is 0.134. The predicted molar refractivity (Wildman–Crippen MR) is 76.6 cm³/mol. The lowest BCUT2D eigenvalue weighted by Crippen LogP contribution is -2.30. The zero-order valence-corrected chi connectivity index (χ0v) is 11.7. The van der Waals surface area contributed by atoms with Gasteiger partial charge in [-0.15, -0.1) is 0 Å². The fraction of sp³-hybridized carbons (Fsp3) is 0.400. The van der Waals surface area contributed by atoms with Crippen LogP contribution in [0.4, 0.5) is 0 Å². The normalized spacial score (nSPS) is 15.3. The van der Waals surface area contributed by atoms with Gasteiger partial charge in [0.05, 0.1) is 24.9 Å². The molecule has 1 aliphatic heterocycles. The van der Waals surface area contributed by atoms with Crippen LogP contribution in [-0.2, 0) is 24.5 Å². The van der Waals surface area contributed by atoms with E-state index in [1.165, 1.54) is 11.1 Å². The first kappa shape index (κ1) is 13.3. The number of rotatable bonds is 5. The van der Waals surface area contributed by atoms with Crippen LogP contribution in [0.15, 0.2) is 30.5 Å². The molecule has 0 amide bonds.